The largest absolute Gasteiger partial charge is 0.455 e. The van der Waals surface area contributed by atoms with Gasteiger partial charge in [0.15, 0.2) is 6.61 Å². The molecule has 2 rings (SSSR count). The summed E-state index contributed by atoms with van der Waals surface area (Å²) < 4.78 is 5.03. The number of nitrogens with one attached hydrogen (secondary N) is 1. The first kappa shape index (κ1) is 16.8. The van der Waals surface area contributed by atoms with Gasteiger partial charge in [0.05, 0.1) is 6.42 Å². The summed E-state index contributed by atoms with van der Waals surface area (Å²) in [4.78, 5) is 23.5. The number of carbonyl (C=O) groups excluding carboxylic acids is 2. The summed E-state index contributed by atoms with van der Waals surface area (Å²) in [6, 6.07) is 7.22. The predicted molar refractivity (Wildman–Crippen MR) is 85.7 cm³/mol. The molecule has 1 aromatic carbocycles. The van der Waals surface area contributed by atoms with Crippen molar-refractivity contribution < 1.29 is 14.3 Å². The second-order valence-electron chi connectivity index (χ2n) is 5.72. The fraction of sp³-hybridized carbons (Fsp3) is 0.529. The van der Waals surface area contributed by atoms with Gasteiger partial charge in [-0.2, -0.15) is 0 Å². The summed E-state index contributed by atoms with van der Waals surface area (Å²) in [5.74, 6) is -0.616. The van der Waals surface area contributed by atoms with Gasteiger partial charge in [0.25, 0.3) is 5.91 Å². The highest BCUT2D eigenvalue weighted by Crippen LogP contribution is 2.17. The Kier molecular flexibility index (Phi) is 6.72. The number of amides is 1. The number of benzene rings is 1. The van der Waals surface area contributed by atoms with Crippen LogP contribution in [0.15, 0.2) is 24.3 Å². The van der Waals surface area contributed by atoms with Gasteiger partial charge in [-0.05, 0) is 30.5 Å². The minimum absolute atomic E-state index is 0.147. The SMILES string of the molecule is O=C(COC(=O)Cc1ccc(Cl)cc1)NC1CCCCCC1. The lowest BCUT2D eigenvalue weighted by molar-refractivity contribution is -0.148. The first-order valence-corrected chi connectivity index (χ1v) is 8.21. The van der Waals surface area contributed by atoms with Crippen molar-refractivity contribution in [1.29, 1.82) is 0 Å². The Morgan fingerprint density at radius 2 is 1.73 bits per heavy atom. The van der Waals surface area contributed by atoms with Crippen molar-refractivity contribution in [3.63, 3.8) is 0 Å². The third-order valence-electron chi connectivity index (χ3n) is 3.85. The van der Waals surface area contributed by atoms with Crippen molar-refractivity contribution in [3.8, 4) is 0 Å². The summed E-state index contributed by atoms with van der Waals surface area (Å²) in [5, 5.41) is 3.58. The van der Waals surface area contributed by atoms with E-state index in [1.807, 2.05) is 0 Å². The van der Waals surface area contributed by atoms with Crippen molar-refractivity contribution >= 4 is 23.5 Å². The molecule has 22 heavy (non-hydrogen) atoms. The van der Waals surface area contributed by atoms with Crippen LogP contribution in [0.3, 0.4) is 0 Å². The smallest absolute Gasteiger partial charge is 0.310 e. The van der Waals surface area contributed by atoms with Crippen LogP contribution in [-0.4, -0.2) is 24.5 Å². The first-order chi connectivity index (χ1) is 10.6. The van der Waals surface area contributed by atoms with Crippen LogP contribution in [0.1, 0.15) is 44.1 Å². The Morgan fingerprint density at radius 3 is 2.36 bits per heavy atom. The zero-order valence-electron chi connectivity index (χ0n) is 12.6. The van der Waals surface area contributed by atoms with Gasteiger partial charge < -0.3 is 10.1 Å². The number of esters is 1. The zero-order chi connectivity index (χ0) is 15.8. The van der Waals surface area contributed by atoms with Gasteiger partial charge in [-0.3, -0.25) is 9.59 Å². The van der Waals surface area contributed by atoms with Crippen LogP contribution in [0.2, 0.25) is 5.02 Å². The van der Waals surface area contributed by atoms with Crippen LogP contribution in [0.4, 0.5) is 0 Å². The third kappa shape index (κ3) is 6.06. The van der Waals surface area contributed by atoms with E-state index in [0.29, 0.717) is 5.02 Å². The highest BCUT2D eigenvalue weighted by molar-refractivity contribution is 6.30. The topological polar surface area (TPSA) is 55.4 Å². The van der Waals surface area contributed by atoms with E-state index in [9.17, 15) is 9.59 Å². The molecule has 0 aromatic heterocycles. The molecule has 1 N–H and O–H groups in total. The maximum absolute atomic E-state index is 11.8. The Balaban J connectivity index is 1.68. The summed E-state index contributed by atoms with van der Waals surface area (Å²) in [6.45, 7) is -0.205. The summed E-state index contributed by atoms with van der Waals surface area (Å²) in [7, 11) is 0. The molecule has 4 nitrogen and oxygen atoms in total. The Hall–Kier alpha value is -1.55. The molecular formula is C17H22ClNO3. The highest BCUT2D eigenvalue weighted by Gasteiger charge is 2.15. The van der Waals surface area contributed by atoms with E-state index in [0.717, 1.165) is 31.2 Å². The van der Waals surface area contributed by atoms with Gasteiger partial charge in [-0.15, -0.1) is 0 Å². The van der Waals surface area contributed by atoms with Gasteiger partial charge in [0, 0.05) is 11.1 Å². The van der Waals surface area contributed by atoms with Gasteiger partial charge >= 0.3 is 5.97 Å². The second-order valence-corrected chi connectivity index (χ2v) is 6.16. The average molecular weight is 324 g/mol. The normalized spacial score (nSPS) is 15.9. The molecule has 0 heterocycles. The summed E-state index contributed by atoms with van der Waals surface area (Å²) >= 11 is 5.79. The number of ether oxygens (including phenoxy) is 1. The quantitative estimate of drug-likeness (QED) is 0.668. The summed E-state index contributed by atoms with van der Waals surface area (Å²) in [6.07, 6.45) is 6.97. The van der Waals surface area contributed by atoms with Gasteiger partial charge in [-0.1, -0.05) is 49.4 Å². The molecule has 1 aromatic rings. The van der Waals surface area contributed by atoms with E-state index in [1.54, 1.807) is 24.3 Å². The monoisotopic (exact) mass is 323 g/mol. The van der Waals surface area contributed by atoms with Crippen LogP contribution in [0, 0.1) is 0 Å². The van der Waals surface area contributed by atoms with Crippen LogP contribution < -0.4 is 5.32 Å². The van der Waals surface area contributed by atoms with E-state index in [4.69, 9.17) is 16.3 Å². The Labute approximate surface area is 136 Å². The maximum atomic E-state index is 11.8. The van der Waals surface area contributed by atoms with E-state index in [2.05, 4.69) is 5.32 Å². The fourth-order valence-corrected chi connectivity index (χ4v) is 2.79. The maximum Gasteiger partial charge on any atom is 0.310 e. The van der Waals surface area contributed by atoms with Crippen LogP contribution in [-0.2, 0) is 20.7 Å². The second kappa shape index (κ2) is 8.79. The molecule has 0 unspecified atom stereocenters. The van der Waals surface area contributed by atoms with Gasteiger partial charge in [0.1, 0.15) is 0 Å². The first-order valence-electron chi connectivity index (χ1n) is 7.83. The minimum Gasteiger partial charge on any atom is -0.455 e. The van der Waals surface area contributed by atoms with Crippen molar-refractivity contribution in [3.05, 3.63) is 34.9 Å². The van der Waals surface area contributed by atoms with Crippen molar-refractivity contribution in [2.24, 2.45) is 0 Å². The molecular weight excluding hydrogens is 302 g/mol. The molecule has 0 atom stereocenters. The van der Waals surface area contributed by atoms with Crippen LogP contribution in [0.25, 0.3) is 0 Å². The number of halogens is 1. The molecule has 0 saturated heterocycles. The molecule has 0 spiro atoms. The van der Waals surface area contributed by atoms with E-state index >= 15 is 0 Å². The van der Waals surface area contributed by atoms with E-state index < -0.39 is 5.97 Å². The lowest BCUT2D eigenvalue weighted by atomic mass is 10.1. The molecule has 1 aliphatic rings. The molecule has 0 bridgehead atoms. The number of carbonyl (C=O) groups is 2. The Morgan fingerprint density at radius 1 is 1.09 bits per heavy atom. The zero-order valence-corrected chi connectivity index (χ0v) is 13.4. The molecule has 120 valence electrons. The number of rotatable bonds is 5. The van der Waals surface area contributed by atoms with Crippen LogP contribution >= 0.6 is 11.6 Å². The predicted octanol–water partition coefficient (Wildman–Crippen LogP) is 3.26. The lowest BCUT2D eigenvalue weighted by Crippen LogP contribution is -2.37. The van der Waals surface area contributed by atoms with Crippen molar-refractivity contribution in [2.75, 3.05) is 6.61 Å². The number of hydrogen-bond donors (Lipinski definition) is 1. The standard InChI is InChI=1S/C17H22ClNO3/c18-14-9-7-13(8-10-14)11-17(21)22-12-16(20)19-15-5-3-1-2-4-6-15/h7-10,15H,1-6,11-12H2,(H,19,20). The third-order valence-corrected chi connectivity index (χ3v) is 4.10. The molecule has 1 aliphatic carbocycles. The highest BCUT2D eigenvalue weighted by atomic mass is 35.5. The lowest BCUT2D eigenvalue weighted by Gasteiger charge is -2.16. The molecule has 0 aliphatic heterocycles. The van der Waals surface area contributed by atoms with E-state index in [1.165, 1.54) is 12.8 Å². The van der Waals surface area contributed by atoms with Crippen molar-refractivity contribution in [2.45, 2.75) is 51.0 Å². The fourth-order valence-electron chi connectivity index (χ4n) is 2.66. The van der Waals surface area contributed by atoms with Crippen LogP contribution in [0.5, 0.6) is 0 Å². The molecule has 1 fully saturated rings. The molecule has 5 heteroatoms. The van der Waals surface area contributed by atoms with Gasteiger partial charge in [0.2, 0.25) is 0 Å². The van der Waals surface area contributed by atoms with Gasteiger partial charge in [-0.25, -0.2) is 0 Å². The van der Waals surface area contributed by atoms with E-state index in [-0.39, 0.29) is 25.0 Å². The Bertz CT molecular complexity index is 493. The summed E-state index contributed by atoms with van der Waals surface area (Å²) in [5.41, 5.74) is 0.818. The van der Waals surface area contributed by atoms with Crippen molar-refractivity contribution in [1.82, 2.24) is 5.32 Å². The molecule has 0 radical (unpaired) electrons. The average Bonchev–Trinajstić information content (AvgIpc) is 2.76. The number of hydrogen-bond acceptors (Lipinski definition) is 3. The minimum atomic E-state index is -0.404. The molecule has 1 amide bonds. The molecule has 1 saturated carbocycles.